The van der Waals surface area contributed by atoms with Crippen LogP contribution in [-0.4, -0.2) is 29.7 Å². The zero-order valence-electron chi connectivity index (χ0n) is 12.1. The normalized spacial score (nSPS) is 23.9. The third-order valence-electron chi connectivity index (χ3n) is 3.67. The van der Waals surface area contributed by atoms with Gasteiger partial charge in [0.15, 0.2) is 0 Å². The first kappa shape index (κ1) is 15.1. The zero-order valence-corrected chi connectivity index (χ0v) is 12.9. The molecule has 2 aliphatic rings. The molecule has 1 N–H and O–H groups in total. The molecular weight excluding hydrogens is 276 g/mol. The van der Waals surface area contributed by atoms with Crippen molar-refractivity contribution in [3.05, 3.63) is 35.4 Å². The van der Waals surface area contributed by atoms with Crippen LogP contribution in [0, 0.1) is 0 Å². The van der Waals surface area contributed by atoms with Gasteiger partial charge in [-0.3, -0.25) is 4.90 Å². The highest BCUT2D eigenvalue weighted by Crippen LogP contribution is 2.44. The van der Waals surface area contributed by atoms with Crippen molar-refractivity contribution in [3.63, 3.8) is 0 Å². The second kappa shape index (κ2) is 5.26. The predicted molar refractivity (Wildman–Crippen MR) is 80.1 cm³/mol. The van der Waals surface area contributed by atoms with Crippen molar-refractivity contribution in [3.8, 4) is 0 Å². The molecule has 4 nitrogen and oxygen atoms in total. The van der Waals surface area contributed by atoms with Gasteiger partial charge in [-0.05, 0) is 31.9 Å². The van der Waals surface area contributed by atoms with E-state index in [1.54, 1.807) is 0 Å². The minimum atomic E-state index is -0.451. The second-order valence-electron chi connectivity index (χ2n) is 6.21. The minimum Gasteiger partial charge on any atom is -0.444 e. The summed E-state index contributed by atoms with van der Waals surface area (Å²) in [6.45, 7) is 7.31. The summed E-state index contributed by atoms with van der Waals surface area (Å²) < 4.78 is 5.55. The molecule has 20 heavy (non-hydrogen) atoms. The van der Waals surface area contributed by atoms with E-state index in [0.717, 1.165) is 13.1 Å². The van der Waals surface area contributed by atoms with Gasteiger partial charge in [-0.2, -0.15) is 0 Å². The molecule has 110 valence electrons. The van der Waals surface area contributed by atoms with E-state index in [4.69, 9.17) is 4.74 Å². The number of piperazine rings is 1. The lowest BCUT2D eigenvalue weighted by Gasteiger charge is -2.36. The van der Waals surface area contributed by atoms with Crippen LogP contribution in [0.3, 0.4) is 0 Å². The molecule has 0 saturated carbocycles. The standard InChI is InChI=1S/C15H20N2O2.ClH/c1-15(2,3)19-14(18)17-12-8-16-9-13(17)11-7-5-4-6-10(11)12;/h4-7,12-13,16H,8-9H2,1-3H3;1H. The van der Waals surface area contributed by atoms with Crippen molar-refractivity contribution in [1.82, 2.24) is 10.2 Å². The fraction of sp³-hybridized carbons (Fsp3) is 0.533. The highest BCUT2D eigenvalue weighted by atomic mass is 35.5. The smallest absolute Gasteiger partial charge is 0.411 e. The van der Waals surface area contributed by atoms with Crippen LogP contribution in [0.1, 0.15) is 44.0 Å². The zero-order chi connectivity index (χ0) is 13.6. The van der Waals surface area contributed by atoms with Gasteiger partial charge in [0.2, 0.25) is 0 Å². The SMILES string of the molecule is CC(C)(C)OC(=O)N1C2CNCC1c1ccccc12.Cl. The van der Waals surface area contributed by atoms with Gasteiger partial charge >= 0.3 is 6.09 Å². The van der Waals surface area contributed by atoms with E-state index in [9.17, 15) is 4.79 Å². The molecule has 5 heteroatoms. The Morgan fingerprint density at radius 1 is 1.20 bits per heavy atom. The molecule has 2 atom stereocenters. The Hall–Kier alpha value is -1.26. The molecule has 0 spiro atoms. The lowest BCUT2D eigenvalue weighted by molar-refractivity contribution is 0.00342. The Kier molecular flexibility index (Phi) is 3.98. The van der Waals surface area contributed by atoms with Crippen LogP contribution in [0.15, 0.2) is 24.3 Å². The largest absolute Gasteiger partial charge is 0.444 e. The highest BCUT2D eigenvalue weighted by Gasteiger charge is 2.45. The van der Waals surface area contributed by atoms with Crippen molar-refractivity contribution in [2.24, 2.45) is 0 Å². The van der Waals surface area contributed by atoms with Gasteiger partial charge in [0.1, 0.15) is 5.60 Å². The number of ether oxygens (including phenoxy) is 1. The summed E-state index contributed by atoms with van der Waals surface area (Å²) in [4.78, 5) is 14.3. The van der Waals surface area contributed by atoms with Gasteiger partial charge in [-0.1, -0.05) is 24.3 Å². The summed E-state index contributed by atoms with van der Waals surface area (Å²) in [5.41, 5.74) is 2.06. The van der Waals surface area contributed by atoms with Crippen molar-refractivity contribution in [2.75, 3.05) is 13.1 Å². The van der Waals surface area contributed by atoms with Gasteiger partial charge in [-0.25, -0.2) is 4.79 Å². The number of hydrogen-bond donors (Lipinski definition) is 1. The Morgan fingerprint density at radius 2 is 1.70 bits per heavy atom. The molecule has 1 fully saturated rings. The average molecular weight is 297 g/mol. The summed E-state index contributed by atoms with van der Waals surface area (Å²) in [6, 6.07) is 8.50. The number of hydrogen-bond acceptors (Lipinski definition) is 3. The van der Waals surface area contributed by atoms with Gasteiger partial charge in [0, 0.05) is 13.1 Å². The number of nitrogens with one attached hydrogen (secondary N) is 1. The fourth-order valence-corrected chi connectivity index (χ4v) is 2.98. The first-order valence-corrected chi connectivity index (χ1v) is 6.78. The fourth-order valence-electron chi connectivity index (χ4n) is 2.98. The number of benzene rings is 1. The monoisotopic (exact) mass is 296 g/mol. The van der Waals surface area contributed by atoms with E-state index in [1.165, 1.54) is 11.1 Å². The quantitative estimate of drug-likeness (QED) is 0.800. The first-order valence-electron chi connectivity index (χ1n) is 6.78. The minimum absolute atomic E-state index is 0. The maximum absolute atomic E-state index is 12.4. The Bertz CT molecular complexity index is 482. The number of amides is 1. The van der Waals surface area contributed by atoms with Crippen LogP contribution in [0.25, 0.3) is 0 Å². The van der Waals surface area contributed by atoms with Crippen LogP contribution in [0.2, 0.25) is 0 Å². The molecule has 1 aromatic rings. The Labute approximate surface area is 125 Å². The average Bonchev–Trinajstić information content (AvgIpc) is 2.53. The molecule has 0 aliphatic carbocycles. The molecule has 1 aromatic carbocycles. The number of carbonyl (C=O) groups is 1. The van der Waals surface area contributed by atoms with E-state index < -0.39 is 5.60 Å². The van der Waals surface area contributed by atoms with Crippen LogP contribution in [0.4, 0.5) is 4.79 Å². The molecule has 0 aromatic heterocycles. The van der Waals surface area contributed by atoms with Gasteiger partial charge in [0.05, 0.1) is 12.1 Å². The van der Waals surface area contributed by atoms with Crippen LogP contribution in [-0.2, 0) is 4.74 Å². The number of halogens is 1. The van der Waals surface area contributed by atoms with Gasteiger partial charge in [-0.15, -0.1) is 12.4 Å². The first-order chi connectivity index (χ1) is 8.97. The summed E-state index contributed by atoms with van der Waals surface area (Å²) in [6.07, 6.45) is -0.208. The molecule has 2 heterocycles. The topological polar surface area (TPSA) is 41.6 Å². The second-order valence-corrected chi connectivity index (χ2v) is 6.21. The maximum Gasteiger partial charge on any atom is 0.411 e. The molecule has 2 unspecified atom stereocenters. The number of carbonyl (C=O) groups excluding carboxylic acids is 1. The predicted octanol–water partition coefficient (Wildman–Crippen LogP) is 3.04. The van der Waals surface area contributed by atoms with E-state index >= 15 is 0 Å². The molecule has 2 bridgehead atoms. The molecule has 2 aliphatic heterocycles. The molecule has 0 radical (unpaired) electrons. The summed E-state index contributed by atoms with van der Waals surface area (Å²) in [5.74, 6) is 0. The Balaban J connectivity index is 0.00000147. The van der Waals surface area contributed by atoms with Crippen molar-refractivity contribution in [1.29, 1.82) is 0 Å². The maximum atomic E-state index is 12.4. The van der Waals surface area contributed by atoms with Crippen LogP contribution < -0.4 is 5.32 Å². The number of fused-ring (bicyclic) bond motifs is 5. The highest BCUT2D eigenvalue weighted by molar-refractivity contribution is 5.85. The van der Waals surface area contributed by atoms with Crippen LogP contribution >= 0.6 is 12.4 Å². The lowest BCUT2D eigenvalue weighted by atomic mass is 10.0. The molecule has 3 rings (SSSR count). The molecule has 1 saturated heterocycles. The van der Waals surface area contributed by atoms with Crippen molar-refractivity contribution in [2.45, 2.75) is 38.5 Å². The van der Waals surface area contributed by atoms with E-state index in [0.29, 0.717) is 0 Å². The van der Waals surface area contributed by atoms with Crippen molar-refractivity contribution >= 4 is 18.5 Å². The molecule has 1 amide bonds. The third-order valence-corrected chi connectivity index (χ3v) is 3.67. The van der Waals surface area contributed by atoms with Gasteiger partial charge in [0.25, 0.3) is 0 Å². The summed E-state index contributed by atoms with van der Waals surface area (Å²) in [7, 11) is 0. The lowest BCUT2D eigenvalue weighted by Crippen LogP contribution is -2.47. The van der Waals surface area contributed by atoms with E-state index in [1.807, 2.05) is 37.8 Å². The number of rotatable bonds is 0. The van der Waals surface area contributed by atoms with E-state index in [2.05, 4.69) is 17.4 Å². The third kappa shape index (κ3) is 2.50. The number of nitrogens with zero attached hydrogens (tertiary/aromatic N) is 1. The van der Waals surface area contributed by atoms with Crippen LogP contribution in [0.5, 0.6) is 0 Å². The van der Waals surface area contributed by atoms with E-state index in [-0.39, 0.29) is 30.6 Å². The summed E-state index contributed by atoms with van der Waals surface area (Å²) in [5, 5.41) is 3.39. The Morgan fingerprint density at radius 3 is 2.15 bits per heavy atom. The van der Waals surface area contributed by atoms with Crippen molar-refractivity contribution < 1.29 is 9.53 Å². The summed E-state index contributed by atoms with van der Waals surface area (Å²) >= 11 is 0. The molecular formula is C15H21ClN2O2. The van der Waals surface area contributed by atoms with Gasteiger partial charge < -0.3 is 10.1 Å².